The molecule has 3 aliphatic rings. The molecule has 2 aliphatic heterocycles. The topological polar surface area (TPSA) is 36.9 Å². The molecule has 3 rings (SSSR count). The molecular weight excluding hydrogens is 311 g/mol. The maximum absolute atomic E-state index is 13.1. The molecule has 0 aromatic carbocycles. The monoisotopic (exact) mass is 342 g/mol. The molecule has 138 valence electrons. The number of hydrogen-bond donors (Lipinski definition) is 0. The van der Waals surface area contributed by atoms with Crippen molar-refractivity contribution in [2.45, 2.75) is 64.4 Å². The Labute approximate surface area is 144 Å². The Balaban J connectivity index is 1.35. The van der Waals surface area contributed by atoms with Crippen molar-refractivity contribution >= 4 is 0 Å². The summed E-state index contributed by atoms with van der Waals surface area (Å²) in [6.45, 7) is 4.97. The molecule has 0 spiro atoms. The molecule has 5 heteroatoms. The highest BCUT2D eigenvalue weighted by Gasteiger charge is 2.36. The van der Waals surface area contributed by atoms with Gasteiger partial charge in [-0.2, -0.15) is 0 Å². The zero-order valence-electron chi connectivity index (χ0n) is 14.8. The summed E-state index contributed by atoms with van der Waals surface area (Å²) in [5.41, 5.74) is 0. The molecule has 2 fully saturated rings. The van der Waals surface area contributed by atoms with E-state index in [9.17, 15) is 4.39 Å². The molecule has 0 bridgehead atoms. The molecule has 0 amide bonds. The zero-order chi connectivity index (χ0) is 16.8. The van der Waals surface area contributed by atoms with E-state index in [-0.39, 0.29) is 30.2 Å². The van der Waals surface area contributed by atoms with Crippen LogP contribution in [0.15, 0.2) is 11.9 Å². The third kappa shape index (κ3) is 5.01. The van der Waals surface area contributed by atoms with Crippen LogP contribution in [0.5, 0.6) is 0 Å². The van der Waals surface area contributed by atoms with Crippen molar-refractivity contribution in [3.05, 3.63) is 11.9 Å². The fourth-order valence-corrected chi connectivity index (χ4v) is 3.71. The van der Waals surface area contributed by atoms with Gasteiger partial charge in [-0.3, -0.25) is 0 Å². The molecule has 2 saturated heterocycles. The van der Waals surface area contributed by atoms with Gasteiger partial charge >= 0.3 is 0 Å². The second-order valence-electron chi connectivity index (χ2n) is 7.38. The van der Waals surface area contributed by atoms with Gasteiger partial charge in [0.05, 0.1) is 38.2 Å². The van der Waals surface area contributed by atoms with E-state index in [0.717, 1.165) is 19.6 Å². The molecule has 1 unspecified atom stereocenters. The molecule has 0 saturated carbocycles. The molecule has 0 aromatic heterocycles. The average Bonchev–Trinajstić information content (AvgIpc) is 2.63. The lowest BCUT2D eigenvalue weighted by atomic mass is 9.92. The molecule has 4 nitrogen and oxygen atoms in total. The highest BCUT2D eigenvalue weighted by molar-refractivity contribution is 4.98. The smallest absolute Gasteiger partial charge is 0.164 e. The van der Waals surface area contributed by atoms with Crippen LogP contribution in [-0.2, 0) is 18.9 Å². The van der Waals surface area contributed by atoms with Gasteiger partial charge in [-0.15, -0.1) is 0 Å². The number of allylic oxidation sites excluding steroid dienone is 2. The number of halogens is 1. The van der Waals surface area contributed by atoms with Crippen LogP contribution in [0.2, 0.25) is 0 Å². The number of hydrogen-bond acceptors (Lipinski definition) is 4. The fraction of sp³-hybridized carbons (Fsp3) is 0.895. The predicted octanol–water partition coefficient (Wildman–Crippen LogP) is 4.20. The van der Waals surface area contributed by atoms with E-state index >= 15 is 0 Å². The van der Waals surface area contributed by atoms with Crippen LogP contribution in [0.3, 0.4) is 0 Å². The predicted molar refractivity (Wildman–Crippen MR) is 89.0 cm³/mol. The van der Waals surface area contributed by atoms with Crippen LogP contribution < -0.4 is 0 Å². The summed E-state index contributed by atoms with van der Waals surface area (Å²) >= 11 is 0. The van der Waals surface area contributed by atoms with Crippen molar-refractivity contribution in [1.29, 1.82) is 0 Å². The van der Waals surface area contributed by atoms with Crippen LogP contribution >= 0.6 is 0 Å². The van der Waals surface area contributed by atoms with E-state index < -0.39 is 0 Å². The highest BCUT2D eigenvalue weighted by Crippen LogP contribution is 2.32. The van der Waals surface area contributed by atoms with Crippen molar-refractivity contribution in [2.75, 3.05) is 26.4 Å². The minimum absolute atomic E-state index is 0.00238. The van der Waals surface area contributed by atoms with Gasteiger partial charge in [0.15, 0.2) is 12.6 Å². The minimum Gasteiger partial charge on any atom is -0.352 e. The van der Waals surface area contributed by atoms with Crippen molar-refractivity contribution in [3.8, 4) is 0 Å². The molecule has 0 aromatic rings. The quantitative estimate of drug-likeness (QED) is 0.678. The SMILES string of the molecule is CCCCC[C@H]1CO[C@H]([C@H]2CO[C@H](C3CC=C(F)CC3)OC2)OC1. The molecule has 0 radical (unpaired) electrons. The van der Waals surface area contributed by atoms with Crippen molar-refractivity contribution in [3.63, 3.8) is 0 Å². The third-order valence-electron chi connectivity index (χ3n) is 5.32. The standard InChI is InChI=1S/C19H31FO4/c1-2-3-4-5-14-10-21-19(22-11-14)16-12-23-18(24-13-16)15-6-8-17(20)9-7-15/h8,14-16,18-19H,2-7,9-13H2,1H3/t14-,15?,16-,18-,19-. The summed E-state index contributed by atoms with van der Waals surface area (Å²) in [4.78, 5) is 0. The van der Waals surface area contributed by atoms with Gasteiger partial charge in [0, 0.05) is 11.8 Å². The van der Waals surface area contributed by atoms with Crippen molar-refractivity contribution in [2.24, 2.45) is 17.8 Å². The summed E-state index contributed by atoms with van der Waals surface area (Å²) in [6, 6.07) is 0. The number of unbranched alkanes of at least 4 members (excludes halogenated alkanes) is 2. The first kappa shape index (κ1) is 18.3. The molecular formula is C19H31FO4. The molecule has 1 aliphatic carbocycles. The first-order valence-electron chi connectivity index (χ1n) is 9.57. The van der Waals surface area contributed by atoms with Crippen LogP contribution in [-0.4, -0.2) is 39.0 Å². The first-order chi connectivity index (χ1) is 11.8. The van der Waals surface area contributed by atoms with Crippen molar-refractivity contribution < 1.29 is 23.3 Å². The van der Waals surface area contributed by atoms with E-state index in [0.29, 0.717) is 32.0 Å². The van der Waals surface area contributed by atoms with Gasteiger partial charge in [0.2, 0.25) is 0 Å². The second-order valence-corrected chi connectivity index (χ2v) is 7.38. The van der Waals surface area contributed by atoms with E-state index in [1.165, 1.54) is 25.7 Å². The Morgan fingerprint density at radius 1 is 0.958 bits per heavy atom. The van der Waals surface area contributed by atoms with Gasteiger partial charge < -0.3 is 18.9 Å². The van der Waals surface area contributed by atoms with E-state index in [1.807, 2.05) is 0 Å². The molecule has 2 heterocycles. The maximum atomic E-state index is 13.1. The zero-order valence-corrected chi connectivity index (χ0v) is 14.8. The Kier molecular flexibility index (Phi) is 7.07. The summed E-state index contributed by atoms with van der Waals surface area (Å²) in [5.74, 6) is 0.919. The fourth-order valence-electron chi connectivity index (χ4n) is 3.71. The minimum atomic E-state index is -0.212. The molecule has 0 N–H and O–H groups in total. The van der Waals surface area contributed by atoms with Gasteiger partial charge in [0.1, 0.15) is 0 Å². The van der Waals surface area contributed by atoms with Crippen LogP contribution in [0.4, 0.5) is 4.39 Å². The molecule has 1 atom stereocenters. The van der Waals surface area contributed by atoms with Crippen LogP contribution in [0.1, 0.15) is 51.9 Å². The van der Waals surface area contributed by atoms with Gasteiger partial charge in [-0.05, 0) is 25.7 Å². The van der Waals surface area contributed by atoms with E-state index in [4.69, 9.17) is 18.9 Å². The number of rotatable bonds is 6. The van der Waals surface area contributed by atoms with E-state index in [2.05, 4.69) is 6.92 Å². The summed E-state index contributed by atoms with van der Waals surface area (Å²) < 4.78 is 36.7. The Morgan fingerprint density at radius 2 is 1.62 bits per heavy atom. The summed E-state index contributed by atoms with van der Waals surface area (Å²) in [6.07, 6.45) is 8.23. The van der Waals surface area contributed by atoms with Crippen LogP contribution in [0.25, 0.3) is 0 Å². The molecule has 24 heavy (non-hydrogen) atoms. The summed E-state index contributed by atoms with van der Waals surface area (Å²) in [7, 11) is 0. The normalized spacial score (nSPS) is 37.9. The highest BCUT2D eigenvalue weighted by atomic mass is 19.1. The Hall–Kier alpha value is -0.490. The van der Waals surface area contributed by atoms with Crippen molar-refractivity contribution in [1.82, 2.24) is 0 Å². The second kappa shape index (κ2) is 9.27. The largest absolute Gasteiger partial charge is 0.352 e. The third-order valence-corrected chi connectivity index (χ3v) is 5.32. The average molecular weight is 342 g/mol. The number of ether oxygens (including phenoxy) is 4. The lowest BCUT2D eigenvalue weighted by Crippen LogP contribution is -2.46. The first-order valence-corrected chi connectivity index (χ1v) is 9.57. The van der Waals surface area contributed by atoms with E-state index in [1.54, 1.807) is 6.08 Å². The Morgan fingerprint density at radius 3 is 2.25 bits per heavy atom. The van der Waals surface area contributed by atoms with Gasteiger partial charge in [-0.25, -0.2) is 4.39 Å². The maximum Gasteiger partial charge on any atom is 0.164 e. The van der Waals surface area contributed by atoms with Crippen LogP contribution in [0, 0.1) is 17.8 Å². The summed E-state index contributed by atoms with van der Waals surface area (Å²) in [5, 5.41) is 0. The van der Waals surface area contributed by atoms with Gasteiger partial charge in [-0.1, -0.05) is 32.3 Å². The lowest BCUT2D eigenvalue weighted by Gasteiger charge is -2.39. The lowest BCUT2D eigenvalue weighted by molar-refractivity contribution is -0.290. The van der Waals surface area contributed by atoms with Gasteiger partial charge in [0.25, 0.3) is 0 Å². The Bertz CT molecular complexity index is 398.